The van der Waals surface area contributed by atoms with E-state index in [1.165, 1.54) is 0 Å². The Morgan fingerprint density at radius 1 is 1.45 bits per heavy atom. The summed E-state index contributed by atoms with van der Waals surface area (Å²) in [4.78, 5) is 14.2. The monoisotopic (exact) mass is 279 g/mol. The average Bonchev–Trinajstić information content (AvgIpc) is 2.91. The molecule has 0 saturated carbocycles. The quantitative estimate of drug-likeness (QED) is 0.879. The molecule has 110 valence electrons. The Morgan fingerprint density at radius 3 is 2.90 bits per heavy atom. The predicted molar refractivity (Wildman–Crippen MR) is 72.1 cm³/mol. The highest BCUT2D eigenvalue weighted by Crippen LogP contribution is 2.33. The maximum atomic E-state index is 11.9. The average molecular weight is 279 g/mol. The predicted octanol–water partition coefficient (Wildman–Crippen LogP) is 0.627. The first-order valence-electron chi connectivity index (χ1n) is 7.09. The van der Waals surface area contributed by atoms with Gasteiger partial charge in [0.1, 0.15) is 5.76 Å². The maximum Gasteiger partial charge on any atom is 0.225 e. The Balaban J connectivity index is 1.69. The molecule has 0 aromatic carbocycles. The Kier molecular flexibility index (Phi) is 3.52. The van der Waals surface area contributed by atoms with Crippen LogP contribution in [-0.2, 0) is 16.1 Å². The van der Waals surface area contributed by atoms with Crippen molar-refractivity contribution >= 4 is 5.91 Å². The van der Waals surface area contributed by atoms with Gasteiger partial charge in [0.25, 0.3) is 0 Å². The number of morpholine rings is 1. The third-order valence-corrected chi connectivity index (χ3v) is 4.38. The number of hydrogen-bond acceptors (Lipinski definition) is 5. The molecule has 1 amide bonds. The molecule has 0 spiro atoms. The second kappa shape index (κ2) is 5.18. The molecular weight excluding hydrogens is 258 g/mol. The molecule has 1 aromatic rings. The highest BCUT2D eigenvalue weighted by molar-refractivity contribution is 5.79. The van der Waals surface area contributed by atoms with Crippen LogP contribution in [-0.4, -0.2) is 48.3 Å². The van der Waals surface area contributed by atoms with Gasteiger partial charge in [-0.1, -0.05) is 5.16 Å². The molecule has 0 radical (unpaired) electrons. The Hall–Kier alpha value is -1.40. The number of nitrogens with one attached hydrogen (secondary N) is 1. The second-order valence-corrected chi connectivity index (χ2v) is 5.75. The first kappa shape index (κ1) is 13.6. The normalized spacial score (nSPS) is 29.6. The van der Waals surface area contributed by atoms with Crippen molar-refractivity contribution < 1.29 is 14.1 Å². The topological polar surface area (TPSA) is 67.6 Å². The van der Waals surface area contributed by atoms with E-state index in [-0.39, 0.29) is 24.0 Å². The fourth-order valence-corrected chi connectivity index (χ4v) is 3.28. The van der Waals surface area contributed by atoms with Gasteiger partial charge >= 0.3 is 0 Å². The molecule has 20 heavy (non-hydrogen) atoms. The van der Waals surface area contributed by atoms with Gasteiger partial charge in [-0.2, -0.15) is 0 Å². The molecule has 1 aromatic heterocycles. The summed E-state index contributed by atoms with van der Waals surface area (Å²) in [5.74, 6) is 0.959. The van der Waals surface area contributed by atoms with Crippen LogP contribution in [0.2, 0.25) is 0 Å². The zero-order valence-electron chi connectivity index (χ0n) is 12.2. The van der Waals surface area contributed by atoms with Crippen molar-refractivity contribution in [2.45, 2.75) is 39.0 Å². The summed E-state index contributed by atoms with van der Waals surface area (Å²) in [7, 11) is 1.69. The number of fused-ring (bicyclic) bond motifs is 2. The van der Waals surface area contributed by atoms with Crippen molar-refractivity contribution in [3.05, 3.63) is 17.0 Å². The van der Waals surface area contributed by atoms with Gasteiger partial charge in [0, 0.05) is 32.2 Å². The lowest BCUT2D eigenvalue weighted by Gasteiger charge is -2.32. The SMILES string of the molecule is CNC(=O)[C@H]1C[C@H]2CN(Cc3c(C)noc3C)C[C@H]1O2. The van der Waals surface area contributed by atoms with Crippen molar-refractivity contribution in [1.82, 2.24) is 15.4 Å². The molecular formula is C14H21N3O3. The first-order chi connectivity index (χ1) is 9.58. The molecule has 2 saturated heterocycles. The summed E-state index contributed by atoms with van der Waals surface area (Å²) in [5.41, 5.74) is 2.10. The van der Waals surface area contributed by atoms with E-state index >= 15 is 0 Å². The van der Waals surface area contributed by atoms with E-state index in [0.717, 1.165) is 43.1 Å². The summed E-state index contributed by atoms with van der Waals surface area (Å²) >= 11 is 0. The van der Waals surface area contributed by atoms with E-state index in [2.05, 4.69) is 15.4 Å². The molecule has 2 bridgehead atoms. The number of aryl methyl sites for hydroxylation is 2. The summed E-state index contributed by atoms with van der Waals surface area (Å²) in [6, 6.07) is 0. The van der Waals surface area contributed by atoms with Crippen LogP contribution in [0.25, 0.3) is 0 Å². The van der Waals surface area contributed by atoms with Gasteiger partial charge in [0.05, 0.1) is 23.8 Å². The Morgan fingerprint density at radius 2 is 2.25 bits per heavy atom. The van der Waals surface area contributed by atoms with Gasteiger partial charge in [0.2, 0.25) is 5.91 Å². The summed E-state index contributed by atoms with van der Waals surface area (Å²) in [5, 5.41) is 6.73. The molecule has 1 N–H and O–H groups in total. The highest BCUT2D eigenvalue weighted by atomic mass is 16.5. The minimum Gasteiger partial charge on any atom is -0.371 e. The molecule has 0 aliphatic carbocycles. The number of likely N-dealkylation sites (tertiary alicyclic amines) is 1. The second-order valence-electron chi connectivity index (χ2n) is 5.75. The van der Waals surface area contributed by atoms with E-state index < -0.39 is 0 Å². The zero-order chi connectivity index (χ0) is 14.3. The van der Waals surface area contributed by atoms with Gasteiger partial charge in [-0.05, 0) is 20.3 Å². The third-order valence-electron chi connectivity index (χ3n) is 4.38. The van der Waals surface area contributed by atoms with Crippen LogP contribution in [0.5, 0.6) is 0 Å². The van der Waals surface area contributed by atoms with Gasteiger partial charge < -0.3 is 14.6 Å². The number of hydrogen-bond donors (Lipinski definition) is 1. The lowest BCUT2D eigenvalue weighted by atomic mass is 10.00. The third kappa shape index (κ3) is 2.33. The van der Waals surface area contributed by atoms with Crippen molar-refractivity contribution in [1.29, 1.82) is 0 Å². The number of nitrogens with zero attached hydrogens (tertiary/aromatic N) is 2. The van der Waals surface area contributed by atoms with E-state index in [1.807, 2.05) is 13.8 Å². The van der Waals surface area contributed by atoms with Crippen molar-refractivity contribution in [2.75, 3.05) is 20.1 Å². The van der Waals surface area contributed by atoms with Crippen LogP contribution in [0, 0.1) is 19.8 Å². The van der Waals surface area contributed by atoms with E-state index in [9.17, 15) is 4.79 Å². The fraction of sp³-hybridized carbons (Fsp3) is 0.714. The first-order valence-corrected chi connectivity index (χ1v) is 7.09. The van der Waals surface area contributed by atoms with Crippen LogP contribution < -0.4 is 5.32 Å². The summed E-state index contributed by atoms with van der Waals surface area (Å²) < 4.78 is 11.1. The minimum atomic E-state index is -0.0142. The molecule has 6 nitrogen and oxygen atoms in total. The number of rotatable bonds is 3. The number of carbonyl (C=O) groups is 1. The van der Waals surface area contributed by atoms with Gasteiger partial charge in [-0.25, -0.2) is 0 Å². The molecule has 2 aliphatic heterocycles. The van der Waals surface area contributed by atoms with E-state index in [1.54, 1.807) is 7.05 Å². The van der Waals surface area contributed by atoms with Crippen LogP contribution in [0.3, 0.4) is 0 Å². The van der Waals surface area contributed by atoms with Crippen LogP contribution in [0.15, 0.2) is 4.52 Å². The van der Waals surface area contributed by atoms with Crippen molar-refractivity contribution in [3.63, 3.8) is 0 Å². The van der Waals surface area contributed by atoms with Crippen LogP contribution in [0.4, 0.5) is 0 Å². The number of ether oxygens (including phenoxy) is 1. The number of aromatic nitrogens is 1. The van der Waals surface area contributed by atoms with E-state index in [4.69, 9.17) is 9.26 Å². The molecule has 2 fully saturated rings. The standard InChI is InChI=1S/C14H21N3O3/c1-8-12(9(2)20-16-8)6-17-5-10-4-11(14(18)15-3)13(7-17)19-10/h10-11,13H,4-7H2,1-3H3,(H,15,18)/t10-,11-,13+/m0/s1. The van der Waals surface area contributed by atoms with Gasteiger partial charge in [-0.3, -0.25) is 9.69 Å². The summed E-state index contributed by atoms with van der Waals surface area (Å²) in [6.45, 7) is 6.39. The number of carbonyl (C=O) groups excluding carboxylic acids is 1. The lowest BCUT2D eigenvalue weighted by Crippen LogP contribution is -2.44. The smallest absolute Gasteiger partial charge is 0.225 e. The van der Waals surface area contributed by atoms with Crippen molar-refractivity contribution in [3.8, 4) is 0 Å². The largest absolute Gasteiger partial charge is 0.371 e. The molecule has 3 atom stereocenters. The van der Waals surface area contributed by atoms with Crippen LogP contribution >= 0.6 is 0 Å². The summed E-state index contributed by atoms with van der Waals surface area (Å²) in [6.07, 6.45) is 0.994. The fourth-order valence-electron chi connectivity index (χ4n) is 3.28. The molecule has 2 aliphatic rings. The maximum absolute atomic E-state index is 11.9. The molecule has 6 heteroatoms. The van der Waals surface area contributed by atoms with Gasteiger partial charge in [0.15, 0.2) is 0 Å². The molecule has 3 heterocycles. The minimum absolute atomic E-state index is 0.00849. The number of amides is 1. The molecule has 0 unspecified atom stereocenters. The van der Waals surface area contributed by atoms with Gasteiger partial charge in [-0.15, -0.1) is 0 Å². The lowest BCUT2D eigenvalue weighted by molar-refractivity contribution is -0.127. The van der Waals surface area contributed by atoms with Crippen LogP contribution in [0.1, 0.15) is 23.4 Å². The highest BCUT2D eigenvalue weighted by Gasteiger charge is 2.44. The van der Waals surface area contributed by atoms with E-state index in [0.29, 0.717) is 0 Å². The molecule has 3 rings (SSSR count). The zero-order valence-corrected chi connectivity index (χ0v) is 12.2. The van der Waals surface area contributed by atoms with Crippen molar-refractivity contribution in [2.24, 2.45) is 5.92 Å². The Labute approximate surface area is 118 Å². The Bertz CT molecular complexity index is 494.